The lowest BCUT2D eigenvalue weighted by molar-refractivity contribution is 0.102. The third-order valence-corrected chi connectivity index (χ3v) is 6.60. The average Bonchev–Trinajstić information content (AvgIpc) is 3.18. The zero-order valence-electron chi connectivity index (χ0n) is 15.4. The Labute approximate surface area is 163 Å². The molecule has 1 aromatic carbocycles. The molecule has 0 bridgehead atoms. The first-order valence-electron chi connectivity index (χ1n) is 8.65. The van der Waals surface area contributed by atoms with Crippen LogP contribution in [0.3, 0.4) is 0 Å². The quantitative estimate of drug-likeness (QED) is 0.815. The van der Waals surface area contributed by atoms with Gasteiger partial charge in [0.1, 0.15) is 5.75 Å². The zero-order chi connectivity index (χ0) is 19.8. The van der Waals surface area contributed by atoms with Crippen LogP contribution < -0.4 is 10.1 Å². The number of aromatic nitrogens is 2. The number of carbonyl (C=O) groups is 1. The lowest BCUT2D eigenvalue weighted by Crippen LogP contribution is -2.17. The smallest absolute Gasteiger partial charge is 0.276 e. The second-order valence-electron chi connectivity index (χ2n) is 6.91. The topological polar surface area (TPSA) is 90.3 Å². The molecule has 1 saturated heterocycles. The summed E-state index contributed by atoms with van der Waals surface area (Å²) in [6, 6.07) is 6.44. The van der Waals surface area contributed by atoms with E-state index in [9.17, 15) is 13.2 Å². The van der Waals surface area contributed by atoms with Gasteiger partial charge in [-0.25, -0.2) is 8.42 Å². The van der Waals surface area contributed by atoms with Crippen LogP contribution in [0.4, 0.5) is 5.69 Å². The van der Waals surface area contributed by atoms with Crippen LogP contribution in [-0.4, -0.2) is 42.7 Å². The number of ether oxygens (including phenoxy) is 1. The predicted molar refractivity (Wildman–Crippen MR) is 105 cm³/mol. The minimum Gasteiger partial charge on any atom is -0.495 e. The highest BCUT2D eigenvalue weighted by molar-refractivity contribution is 7.91. The van der Waals surface area contributed by atoms with Gasteiger partial charge in [0.05, 0.1) is 29.7 Å². The van der Waals surface area contributed by atoms with Gasteiger partial charge in [-0.2, -0.15) is 5.10 Å². The number of benzene rings is 1. The first kappa shape index (κ1) is 19.7. The summed E-state index contributed by atoms with van der Waals surface area (Å²) < 4.78 is 30.4. The highest BCUT2D eigenvalue weighted by atomic mass is 35.5. The third kappa shape index (κ3) is 4.27. The molecule has 3 rings (SSSR count). The Balaban J connectivity index is 1.85. The summed E-state index contributed by atoms with van der Waals surface area (Å²) in [6.07, 6.45) is 0.513. The van der Waals surface area contributed by atoms with Crippen molar-refractivity contribution in [2.75, 3.05) is 23.9 Å². The summed E-state index contributed by atoms with van der Waals surface area (Å²) in [7, 11) is -1.53. The number of hydrogen-bond donors (Lipinski definition) is 1. The van der Waals surface area contributed by atoms with Crippen molar-refractivity contribution >= 4 is 33.0 Å². The van der Waals surface area contributed by atoms with Crippen LogP contribution in [-0.2, 0) is 9.84 Å². The van der Waals surface area contributed by atoms with Crippen LogP contribution in [0.1, 0.15) is 48.4 Å². The highest BCUT2D eigenvalue weighted by Gasteiger charge is 2.32. The molecule has 9 heteroatoms. The molecule has 146 valence electrons. The first-order valence-corrected chi connectivity index (χ1v) is 10.8. The number of nitrogens with zero attached hydrogens (tertiary/aromatic N) is 2. The van der Waals surface area contributed by atoms with Crippen LogP contribution >= 0.6 is 11.6 Å². The van der Waals surface area contributed by atoms with Gasteiger partial charge in [-0.3, -0.25) is 9.48 Å². The minimum absolute atomic E-state index is 0.0591. The van der Waals surface area contributed by atoms with E-state index in [2.05, 4.69) is 10.4 Å². The van der Waals surface area contributed by atoms with E-state index in [1.54, 1.807) is 28.9 Å². The molecule has 2 aromatic rings. The molecular weight excluding hydrogens is 390 g/mol. The van der Waals surface area contributed by atoms with E-state index in [1.165, 1.54) is 7.11 Å². The van der Waals surface area contributed by atoms with Crippen molar-refractivity contribution in [1.29, 1.82) is 0 Å². The van der Waals surface area contributed by atoms with Gasteiger partial charge in [-0.15, -0.1) is 0 Å². The maximum Gasteiger partial charge on any atom is 0.276 e. The minimum atomic E-state index is -3.04. The molecule has 2 heterocycles. The maximum atomic E-state index is 12.6. The SMILES string of the molecule is COc1ccc(NC(=O)c2cc(C(C)C)n([C@@H]3CCS(=O)(=O)C3)n2)cc1Cl. The lowest BCUT2D eigenvalue weighted by atomic mass is 10.1. The highest BCUT2D eigenvalue weighted by Crippen LogP contribution is 2.29. The molecule has 0 spiro atoms. The number of sulfone groups is 1. The van der Waals surface area contributed by atoms with E-state index < -0.39 is 9.84 Å². The number of amides is 1. The summed E-state index contributed by atoms with van der Waals surface area (Å²) >= 11 is 6.09. The van der Waals surface area contributed by atoms with Crippen molar-refractivity contribution < 1.29 is 17.9 Å². The average molecular weight is 412 g/mol. The molecular formula is C18H22ClN3O4S. The van der Waals surface area contributed by atoms with Crippen molar-refractivity contribution in [3.8, 4) is 5.75 Å². The number of nitrogens with one attached hydrogen (secondary N) is 1. The Bertz CT molecular complexity index is 969. The number of anilines is 1. The largest absolute Gasteiger partial charge is 0.495 e. The molecule has 27 heavy (non-hydrogen) atoms. The van der Waals surface area contributed by atoms with Crippen molar-refractivity contribution in [3.63, 3.8) is 0 Å². The van der Waals surface area contributed by atoms with Crippen LogP contribution in [0, 0.1) is 0 Å². The molecule has 0 saturated carbocycles. The van der Waals surface area contributed by atoms with Gasteiger partial charge in [0.15, 0.2) is 15.5 Å². The van der Waals surface area contributed by atoms with E-state index >= 15 is 0 Å². The van der Waals surface area contributed by atoms with Gasteiger partial charge in [0.2, 0.25) is 0 Å². The molecule has 1 fully saturated rings. The Morgan fingerprint density at radius 1 is 1.37 bits per heavy atom. The number of methoxy groups -OCH3 is 1. The molecule has 1 aromatic heterocycles. The second kappa shape index (κ2) is 7.52. The van der Waals surface area contributed by atoms with E-state index in [-0.39, 0.29) is 35.1 Å². The van der Waals surface area contributed by atoms with Gasteiger partial charge < -0.3 is 10.1 Å². The van der Waals surface area contributed by atoms with Crippen molar-refractivity contribution in [2.45, 2.75) is 32.2 Å². The molecule has 1 N–H and O–H groups in total. The lowest BCUT2D eigenvalue weighted by Gasteiger charge is -2.15. The van der Waals surface area contributed by atoms with Gasteiger partial charge in [-0.05, 0) is 36.6 Å². The molecule has 0 aliphatic carbocycles. The Morgan fingerprint density at radius 2 is 2.11 bits per heavy atom. The van der Waals surface area contributed by atoms with E-state index in [0.717, 1.165) is 5.69 Å². The van der Waals surface area contributed by atoms with Gasteiger partial charge in [0, 0.05) is 11.4 Å². The second-order valence-corrected chi connectivity index (χ2v) is 9.55. The first-order chi connectivity index (χ1) is 12.7. The molecule has 1 aliphatic heterocycles. The molecule has 1 amide bonds. The van der Waals surface area contributed by atoms with Crippen LogP contribution in [0.15, 0.2) is 24.3 Å². The number of rotatable bonds is 5. The van der Waals surface area contributed by atoms with Crippen molar-refractivity contribution in [3.05, 3.63) is 40.7 Å². The monoisotopic (exact) mass is 411 g/mol. The Morgan fingerprint density at radius 3 is 2.67 bits per heavy atom. The fourth-order valence-electron chi connectivity index (χ4n) is 3.15. The van der Waals surface area contributed by atoms with Crippen LogP contribution in [0.2, 0.25) is 5.02 Å². The number of halogens is 1. The summed E-state index contributed by atoms with van der Waals surface area (Å²) in [6.45, 7) is 3.98. The molecule has 1 atom stereocenters. The van der Waals surface area contributed by atoms with Crippen molar-refractivity contribution in [1.82, 2.24) is 9.78 Å². The Kier molecular flexibility index (Phi) is 5.48. The normalized spacial score (nSPS) is 18.6. The third-order valence-electron chi connectivity index (χ3n) is 4.55. The van der Waals surface area contributed by atoms with Crippen molar-refractivity contribution in [2.24, 2.45) is 0 Å². The van der Waals surface area contributed by atoms with Gasteiger partial charge in [-0.1, -0.05) is 25.4 Å². The molecule has 1 aliphatic rings. The fraction of sp³-hybridized carbons (Fsp3) is 0.444. The maximum absolute atomic E-state index is 12.6. The summed E-state index contributed by atoms with van der Waals surface area (Å²) in [5, 5.41) is 7.57. The summed E-state index contributed by atoms with van der Waals surface area (Å²) in [5.41, 5.74) is 1.61. The van der Waals surface area contributed by atoms with E-state index in [4.69, 9.17) is 16.3 Å². The van der Waals surface area contributed by atoms with Gasteiger partial charge >= 0.3 is 0 Å². The summed E-state index contributed by atoms with van der Waals surface area (Å²) in [4.78, 5) is 12.6. The Hall–Kier alpha value is -2.06. The molecule has 7 nitrogen and oxygen atoms in total. The number of hydrogen-bond acceptors (Lipinski definition) is 5. The van der Waals surface area contributed by atoms with Crippen LogP contribution in [0.25, 0.3) is 0 Å². The molecule has 0 radical (unpaired) electrons. The number of carbonyl (C=O) groups excluding carboxylic acids is 1. The molecule has 0 unspecified atom stereocenters. The van der Waals surface area contributed by atoms with E-state index in [1.807, 2.05) is 13.8 Å². The van der Waals surface area contributed by atoms with Gasteiger partial charge in [0.25, 0.3) is 5.91 Å². The standard InChI is InChI=1S/C18H22ClN3O4S/c1-11(2)16-9-15(21-22(16)13-6-7-27(24,25)10-13)18(23)20-12-4-5-17(26-3)14(19)8-12/h4-5,8-9,11,13H,6-7,10H2,1-3H3,(H,20,23)/t13-/m1/s1. The summed E-state index contributed by atoms with van der Waals surface area (Å²) in [5.74, 6) is 0.462. The van der Waals surface area contributed by atoms with E-state index in [0.29, 0.717) is 22.9 Å². The van der Waals surface area contributed by atoms with Crippen LogP contribution in [0.5, 0.6) is 5.75 Å². The zero-order valence-corrected chi connectivity index (χ0v) is 17.0. The predicted octanol–water partition coefficient (Wildman–Crippen LogP) is 3.28. The fourth-order valence-corrected chi connectivity index (χ4v) is 5.10.